The molecule has 3 rings (SSSR count). The smallest absolute Gasteiger partial charge is 0.192 e. The van der Waals surface area contributed by atoms with Crippen LogP contribution < -0.4 is 0 Å². The van der Waals surface area contributed by atoms with Gasteiger partial charge in [0, 0.05) is 28.2 Å². The summed E-state index contributed by atoms with van der Waals surface area (Å²) in [6, 6.07) is 13.6. The fourth-order valence-electron chi connectivity index (χ4n) is 2.25. The third-order valence-electron chi connectivity index (χ3n) is 3.79. The zero-order valence-corrected chi connectivity index (χ0v) is 17.9. The van der Waals surface area contributed by atoms with Crippen LogP contribution in [0.25, 0.3) is 0 Å². The van der Waals surface area contributed by atoms with Crippen LogP contribution in [0.15, 0.2) is 58.8 Å². The molecule has 3 aromatic rings. The number of Topliss-reactive ketones (excluding diaryl/α,β-unsaturated/α-hetero) is 2. The maximum Gasteiger partial charge on any atom is 0.192 e. The van der Waals surface area contributed by atoms with Gasteiger partial charge in [0.05, 0.1) is 11.5 Å². The summed E-state index contributed by atoms with van der Waals surface area (Å²) in [6.07, 6.45) is 0. The summed E-state index contributed by atoms with van der Waals surface area (Å²) in [5, 5.41) is 10.6. The van der Waals surface area contributed by atoms with Crippen LogP contribution in [0, 0.1) is 0 Å². The van der Waals surface area contributed by atoms with E-state index in [4.69, 9.17) is 23.2 Å². The second kappa shape index (κ2) is 9.60. The van der Waals surface area contributed by atoms with Gasteiger partial charge >= 0.3 is 0 Å². The Morgan fingerprint density at radius 3 is 1.50 bits per heavy atom. The van der Waals surface area contributed by atoms with Gasteiger partial charge in [0.2, 0.25) is 0 Å². The first-order valence-electron chi connectivity index (χ1n) is 8.16. The zero-order chi connectivity index (χ0) is 20.1. The Morgan fingerprint density at radius 1 is 0.786 bits per heavy atom. The molecule has 0 spiro atoms. The third kappa shape index (κ3) is 5.38. The average molecular weight is 452 g/mol. The fraction of sp³-hybridized carbons (Fsp3) is 0.158. The molecule has 0 atom stereocenters. The van der Waals surface area contributed by atoms with Crippen LogP contribution in [0.1, 0.15) is 20.7 Å². The maximum atomic E-state index is 12.3. The number of hydrogen-bond acceptors (Lipinski definition) is 6. The average Bonchev–Trinajstić information content (AvgIpc) is 3.05. The minimum Gasteiger partial charge on any atom is -0.300 e. The summed E-state index contributed by atoms with van der Waals surface area (Å²) in [5.41, 5.74) is 1.20. The van der Waals surface area contributed by atoms with Crippen molar-refractivity contribution in [3.63, 3.8) is 0 Å². The highest BCUT2D eigenvalue weighted by Gasteiger charge is 2.15. The number of benzene rings is 2. The Balaban J connectivity index is 1.56. The first-order chi connectivity index (χ1) is 13.4. The molecular formula is C19H15Cl2N3O2S2. The normalized spacial score (nSPS) is 10.8. The Morgan fingerprint density at radius 2 is 1.14 bits per heavy atom. The van der Waals surface area contributed by atoms with Crippen LogP contribution in [0.3, 0.4) is 0 Å². The van der Waals surface area contributed by atoms with E-state index < -0.39 is 0 Å². The van der Waals surface area contributed by atoms with Gasteiger partial charge in [0.1, 0.15) is 0 Å². The quantitative estimate of drug-likeness (QED) is 0.351. The summed E-state index contributed by atoms with van der Waals surface area (Å²) in [4.78, 5) is 24.5. The van der Waals surface area contributed by atoms with Crippen molar-refractivity contribution < 1.29 is 9.59 Å². The molecule has 0 N–H and O–H groups in total. The number of rotatable bonds is 8. The summed E-state index contributed by atoms with van der Waals surface area (Å²) in [5.74, 6) is 0.442. The van der Waals surface area contributed by atoms with Crippen LogP contribution >= 0.6 is 46.7 Å². The highest BCUT2D eigenvalue weighted by molar-refractivity contribution is 8.00. The zero-order valence-electron chi connectivity index (χ0n) is 14.8. The largest absolute Gasteiger partial charge is 0.300 e. The van der Waals surface area contributed by atoms with Gasteiger partial charge in [-0.05, 0) is 48.5 Å². The molecule has 28 heavy (non-hydrogen) atoms. The van der Waals surface area contributed by atoms with Crippen molar-refractivity contribution in [2.24, 2.45) is 7.05 Å². The van der Waals surface area contributed by atoms with Crippen LogP contribution in [0.2, 0.25) is 10.0 Å². The first-order valence-corrected chi connectivity index (χ1v) is 10.9. The molecule has 1 heterocycles. The highest BCUT2D eigenvalue weighted by atomic mass is 35.5. The van der Waals surface area contributed by atoms with Gasteiger partial charge in [-0.2, -0.15) is 0 Å². The van der Waals surface area contributed by atoms with E-state index in [1.54, 1.807) is 53.1 Å². The minimum absolute atomic E-state index is 0.0169. The lowest BCUT2D eigenvalue weighted by Gasteiger charge is -2.04. The maximum absolute atomic E-state index is 12.3. The number of hydrogen-bond donors (Lipinski definition) is 0. The van der Waals surface area contributed by atoms with Gasteiger partial charge in [-0.3, -0.25) is 9.59 Å². The Hall–Kier alpha value is -1.80. The minimum atomic E-state index is -0.0169. The lowest BCUT2D eigenvalue weighted by molar-refractivity contribution is 0.101. The van der Waals surface area contributed by atoms with Crippen molar-refractivity contribution in [2.75, 3.05) is 11.5 Å². The van der Waals surface area contributed by atoms with Crippen molar-refractivity contribution in [3.05, 3.63) is 69.7 Å². The lowest BCUT2D eigenvalue weighted by atomic mass is 10.1. The van der Waals surface area contributed by atoms with Crippen LogP contribution in [-0.2, 0) is 7.05 Å². The SMILES string of the molecule is Cn1c(SCC(=O)c2ccc(Cl)cc2)nnc1SCC(=O)c1ccc(Cl)cc1. The fourth-order valence-corrected chi connectivity index (χ4v) is 4.17. The van der Waals surface area contributed by atoms with Gasteiger partial charge in [-0.1, -0.05) is 46.7 Å². The number of aromatic nitrogens is 3. The first kappa shape index (κ1) is 20.9. The standard InChI is InChI=1S/C19H15Cl2N3O2S2/c1-24-18(27-10-16(25)12-2-6-14(20)7-3-12)22-23-19(24)28-11-17(26)13-4-8-15(21)9-5-13/h2-9H,10-11H2,1H3. The molecule has 0 unspecified atom stereocenters. The van der Waals surface area contributed by atoms with Gasteiger partial charge in [-0.25, -0.2) is 0 Å². The molecule has 144 valence electrons. The monoisotopic (exact) mass is 451 g/mol. The van der Waals surface area contributed by atoms with E-state index >= 15 is 0 Å². The van der Waals surface area contributed by atoms with E-state index in [2.05, 4.69) is 10.2 Å². The Bertz CT molecular complexity index is 910. The number of thioether (sulfide) groups is 2. The number of carbonyl (C=O) groups excluding carboxylic acids is 2. The molecule has 0 fully saturated rings. The van der Waals surface area contributed by atoms with Crippen LogP contribution in [0.5, 0.6) is 0 Å². The number of nitrogens with zero attached hydrogens (tertiary/aromatic N) is 3. The molecule has 0 amide bonds. The summed E-state index contributed by atoms with van der Waals surface area (Å²) in [6.45, 7) is 0. The predicted octanol–water partition coefficient (Wildman–Crippen LogP) is 5.07. The van der Waals surface area contributed by atoms with Gasteiger partial charge in [0.15, 0.2) is 21.9 Å². The van der Waals surface area contributed by atoms with E-state index in [9.17, 15) is 9.59 Å². The van der Waals surface area contributed by atoms with E-state index in [1.807, 2.05) is 7.05 Å². The predicted molar refractivity (Wildman–Crippen MR) is 114 cm³/mol. The molecule has 0 saturated carbocycles. The molecule has 0 aliphatic rings. The summed E-state index contributed by atoms with van der Waals surface area (Å²) < 4.78 is 1.78. The Kier molecular flexibility index (Phi) is 7.18. The van der Waals surface area contributed by atoms with E-state index in [0.717, 1.165) is 0 Å². The van der Waals surface area contributed by atoms with Crippen LogP contribution in [0.4, 0.5) is 0 Å². The number of halogens is 2. The molecule has 1 aromatic heterocycles. The van der Waals surface area contributed by atoms with Crippen molar-refractivity contribution in [1.29, 1.82) is 0 Å². The van der Waals surface area contributed by atoms with E-state index in [-0.39, 0.29) is 23.1 Å². The molecule has 2 aromatic carbocycles. The molecule has 0 aliphatic carbocycles. The van der Waals surface area contributed by atoms with Crippen molar-refractivity contribution in [3.8, 4) is 0 Å². The lowest BCUT2D eigenvalue weighted by Crippen LogP contribution is -2.05. The number of carbonyl (C=O) groups is 2. The van der Waals surface area contributed by atoms with Crippen molar-refractivity contribution >= 4 is 58.3 Å². The van der Waals surface area contributed by atoms with Crippen molar-refractivity contribution in [2.45, 2.75) is 10.3 Å². The highest BCUT2D eigenvalue weighted by Crippen LogP contribution is 2.24. The second-order valence-electron chi connectivity index (χ2n) is 5.76. The Labute approximate surface area is 180 Å². The van der Waals surface area contributed by atoms with E-state index in [0.29, 0.717) is 31.5 Å². The second-order valence-corrected chi connectivity index (χ2v) is 8.52. The van der Waals surface area contributed by atoms with Crippen molar-refractivity contribution in [1.82, 2.24) is 14.8 Å². The molecule has 0 aliphatic heterocycles. The van der Waals surface area contributed by atoms with Gasteiger partial charge in [-0.15, -0.1) is 10.2 Å². The van der Waals surface area contributed by atoms with E-state index in [1.165, 1.54) is 23.5 Å². The number of ketones is 2. The molecule has 0 bridgehead atoms. The molecule has 9 heteroatoms. The third-order valence-corrected chi connectivity index (χ3v) is 6.34. The van der Waals surface area contributed by atoms with Crippen LogP contribution in [-0.4, -0.2) is 37.8 Å². The molecular weight excluding hydrogens is 437 g/mol. The summed E-state index contributed by atoms with van der Waals surface area (Å²) in [7, 11) is 1.81. The topological polar surface area (TPSA) is 64.8 Å². The van der Waals surface area contributed by atoms with Gasteiger partial charge < -0.3 is 4.57 Å². The molecule has 5 nitrogen and oxygen atoms in total. The molecule has 0 radical (unpaired) electrons. The van der Waals surface area contributed by atoms with Gasteiger partial charge in [0.25, 0.3) is 0 Å². The molecule has 0 saturated heterocycles. The summed E-state index contributed by atoms with van der Waals surface area (Å²) >= 11 is 14.3.